The lowest BCUT2D eigenvalue weighted by atomic mass is 9.89. The van der Waals surface area contributed by atoms with Gasteiger partial charge in [-0.15, -0.1) is 0 Å². The normalized spacial score (nSPS) is 22.5. The molecule has 1 fully saturated rings. The van der Waals surface area contributed by atoms with E-state index in [1.54, 1.807) is 0 Å². The van der Waals surface area contributed by atoms with Crippen LogP contribution in [0.1, 0.15) is 46.0 Å². The van der Waals surface area contributed by atoms with Gasteiger partial charge in [-0.25, -0.2) is 0 Å². The molecule has 0 aliphatic carbocycles. The molecule has 3 heteroatoms. The standard InChI is InChI=1S/C14H27NO2/c1-12(2)13-6-4-9-15(11-8-13)10-5-7-14(16)17-3/h12-13H,4-11H2,1-3H3. The molecule has 1 heterocycles. The van der Waals surface area contributed by atoms with Crippen LogP contribution < -0.4 is 0 Å². The van der Waals surface area contributed by atoms with Crippen LogP contribution in [0.15, 0.2) is 0 Å². The lowest BCUT2D eigenvalue weighted by Gasteiger charge is -2.20. The van der Waals surface area contributed by atoms with Gasteiger partial charge in [0.25, 0.3) is 0 Å². The van der Waals surface area contributed by atoms with Gasteiger partial charge in [0.1, 0.15) is 0 Å². The number of hydrogen-bond donors (Lipinski definition) is 0. The Bertz CT molecular complexity index is 228. The quantitative estimate of drug-likeness (QED) is 0.693. The third-order valence-corrected chi connectivity index (χ3v) is 3.89. The van der Waals surface area contributed by atoms with Crippen molar-refractivity contribution < 1.29 is 9.53 Å². The van der Waals surface area contributed by atoms with Gasteiger partial charge in [-0.2, -0.15) is 0 Å². The fourth-order valence-corrected chi connectivity index (χ4v) is 2.62. The predicted molar refractivity (Wildman–Crippen MR) is 69.9 cm³/mol. The smallest absolute Gasteiger partial charge is 0.305 e. The van der Waals surface area contributed by atoms with Crippen molar-refractivity contribution in [3.05, 3.63) is 0 Å². The summed E-state index contributed by atoms with van der Waals surface area (Å²) >= 11 is 0. The number of carbonyl (C=O) groups excluding carboxylic acids is 1. The summed E-state index contributed by atoms with van der Waals surface area (Å²) in [7, 11) is 1.46. The maximum absolute atomic E-state index is 11.0. The molecular formula is C14H27NO2. The van der Waals surface area contributed by atoms with Crippen molar-refractivity contribution >= 4 is 5.97 Å². The van der Waals surface area contributed by atoms with E-state index in [1.165, 1.54) is 39.5 Å². The molecule has 1 atom stereocenters. The van der Waals surface area contributed by atoms with Crippen LogP contribution in [0.5, 0.6) is 0 Å². The van der Waals surface area contributed by atoms with Gasteiger partial charge in [0.05, 0.1) is 7.11 Å². The molecule has 0 N–H and O–H groups in total. The second-order valence-corrected chi connectivity index (χ2v) is 5.46. The summed E-state index contributed by atoms with van der Waals surface area (Å²) in [5, 5.41) is 0. The van der Waals surface area contributed by atoms with Crippen molar-refractivity contribution in [2.45, 2.75) is 46.0 Å². The van der Waals surface area contributed by atoms with Gasteiger partial charge >= 0.3 is 5.97 Å². The summed E-state index contributed by atoms with van der Waals surface area (Å²) in [6.45, 7) is 8.10. The van der Waals surface area contributed by atoms with Crippen molar-refractivity contribution in [2.75, 3.05) is 26.7 Å². The minimum Gasteiger partial charge on any atom is -0.469 e. The van der Waals surface area contributed by atoms with E-state index < -0.39 is 0 Å². The van der Waals surface area contributed by atoms with Gasteiger partial charge in [0.2, 0.25) is 0 Å². The summed E-state index contributed by atoms with van der Waals surface area (Å²) in [5.41, 5.74) is 0. The van der Waals surface area contributed by atoms with Crippen LogP contribution in [0, 0.1) is 11.8 Å². The van der Waals surface area contributed by atoms with Crippen molar-refractivity contribution in [1.29, 1.82) is 0 Å². The highest BCUT2D eigenvalue weighted by atomic mass is 16.5. The molecule has 1 saturated heterocycles. The monoisotopic (exact) mass is 241 g/mol. The Labute approximate surface area is 106 Å². The van der Waals surface area contributed by atoms with E-state index >= 15 is 0 Å². The van der Waals surface area contributed by atoms with Crippen molar-refractivity contribution in [2.24, 2.45) is 11.8 Å². The number of ether oxygens (including phenoxy) is 1. The van der Waals surface area contributed by atoms with Gasteiger partial charge in [0, 0.05) is 6.42 Å². The lowest BCUT2D eigenvalue weighted by molar-refractivity contribution is -0.140. The number of methoxy groups -OCH3 is 1. The molecule has 0 radical (unpaired) electrons. The zero-order chi connectivity index (χ0) is 12.7. The lowest BCUT2D eigenvalue weighted by Crippen LogP contribution is -2.26. The topological polar surface area (TPSA) is 29.5 Å². The van der Waals surface area contributed by atoms with Crippen LogP contribution in [0.2, 0.25) is 0 Å². The number of likely N-dealkylation sites (tertiary alicyclic amines) is 1. The Hall–Kier alpha value is -0.570. The van der Waals surface area contributed by atoms with Gasteiger partial charge < -0.3 is 9.64 Å². The maximum atomic E-state index is 11.0. The molecule has 3 nitrogen and oxygen atoms in total. The molecule has 0 amide bonds. The highest BCUT2D eigenvalue weighted by Crippen LogP contribution is 2.24. The van der Waals surface area contributed by atoms with Gasteiger partial charge in [-0.1, -0.05) is 13.8 Å². The van der Waals surface area contributed by atoms with Gasteiger partial charge in [0.15, 0.2) is 0 Å². The SMILES string of the molecule is COC(=O)CCCN1CCCC(C(C)C)CC1. The molecule has 0 aromatic rings. The van der Waals surface area contributed by atoms with Gasteiger partial charge in [-0.05, 0) is 57.2 Å². The number of esters is 1. The molecule has 0 aromatic heterocycles. The average molecular weight is 241 g/mol. The highest BCUT2D eigenvalue weighted by Gasteiger charge is 2.19. The second-order valence-electron chi connectivity index (χ2n) is 5.46. The maximum Gasteiger partial charge on any atom is 0.305 e. The third kappa shape index (κ3) is 5.53. The summed E-state index contributed by atoms with van der Waals surface area (Å²) in [4.78, 5) is 13.5. The van der Waals surface area contributed by atoms with Crippen LogP contribution in [0.4, 0.5) is 0 Å². The van der Waals surface area contributed by atoms with E-state index in [4.69, 9.17) is 0 Å². The minimum absolute atomic E-state index is 0.0834. The molecule has 1 aliphatic heterocycles. The molecule has 1 unspecified atom stereocenters. The highest BCUT2D eigenvalue weighted by molar-refractivity contribution is 5.69. The fraction of sp³-hybridized carbons (Fsp3) is 0.929. The van der Waals surface area contributed by atoms with E-state index in [-0.39, 0.29) is 5.97 Å². The van der Waals surface area contributed by atoms with Crippen molar-refractivity contribution in [3.63, 3.8) is 0 Å². The van der Waals surface area contributed by atoms with Crippen molar-refractivity contribution in [3.8, 4) is 0 Å². The molecule has 0 bridgehead atoms. The largest absolute Gasteiger partial charge is 0.469 e. The molecule has 1 aliphatic rings. The first-order valence-corrected chi connectivity index (χ1v) is 6.92. The summed E-state index contributed by atoms with van der Waals surface area (Å²) in [5.74, 6) is 1.62. The van der Waals surface area contributed by atoms with Crippen LogP contribution >= 0.6 is 0 Å². The number of nitrogens with zero attached hydrogens (tertiary/aromatic N) is 1. The summed E-state index contributed by atoms with van der Waals surface area (Å²) in [6.07, 6.45) is 5.47. The van der Waals surface area contributed by atoms with E-state index in [0.29, 0.717) is 6.42 Å². The van der Waals surface area contributed by atoms with Crippen molar-refractivity contribution in [1.82, 2.24) is 4.90 Å². The minimum atomic E-state index is -0.0834. The van der Waals surface area contributed by atoms with Crippen LogP contribution in [-0.4, -0.2) is 37.6 Å². The van der Waals surface area contributed by atoms with Crippen LogP contribution in [0.3, 0.4) is 0 Å². The third-order valence-electron chi connectivity index (χ3n) is 3.89. The summed E-state index contributed by atoms with van der Waals surface area (Å²) in [6, 6.07) is 0. The second kappa shape index (κ2) is 7.70. The Morgan fingerprint density at radius 1 is 1.35 bits per heavy atom. The fourth-order valence-electron chi connectivity index (χ4n) is 2.62. The Balaban J connectivity index is 2.20. The first kappa shape index (κ1) is 14.5. The molecule has 0 saturated carbocycles. The molecular weight excluding hydrogens is 214 g/mol. The molecule has 0 aromatic carbocycles. The van der Waals surface area contributed by atoms with Gasteiger partial charge in [-0.3, -0.25) is 4.79 Å². The first-order chi connectivity index (χ1) is 8.13. The zero-order valence-electron chi connectivity index (χ0n) is 11.6. The predicted octanol–water partition coefficient (Wildman–Crippen LogP) is 2.70. The summed E-state index contributed by atoms with van der Waals surface area (Å²) < 4.78 is 4.66. The Kier molecular flexibility index (Phi) is 6.56. The van der Waals surface area contributed by atoms with E-state index in [9.17, 15) is 4.79 Å². The molecule has 100 valence electrons. The number of carbonyl (C=O) groups is 1. The Morgan fingerprint density at radius 3 is 2.76 bits per heavy atom. The molecule has 17 heavy (non-hydrogen) atoms. The number of rotatable bonds is 5. The van der Waals surface area contributed by atoms with E-state index in [1.807, 2.05) is 0 Å². The van der Waals surface area contributed by atoms with E-state index in [2.05, 4.69) is 23.5 Å². The first-order valence-electron chi connectivity index (χ1n) is 6.92. The Morgan fingerprint density at radius 2 is 2.12 bits per heavy atom. The molecule has 0 spiro atoms. The number of hydrogen-bond acceptors (Lipinski definition) is 3. The average Bonchev–Trinajstić information content (AvgIpc) is 2.54. The zero-order valence-corrected chi connectivity index (χ0v) is 11.6. The molecule has 1 rings (SSSR count). The van der Waals surface area contributed by atoms with Crippen LogP contribution in [0.25, 0.3) is 0 Å². The van der Waals surface area contributed by atoms with E-state index in [0.717, 1.165) is 24.8 Å². The van der Waals surface area contributed by atoms with Crippen LogP contribution in [-0.2, 0) is 9.53 Å².